The summed E-state index contributed by atoms with van der Waals surface area (Å²) in [4.78, 5) is 16.1. The fourth-order valence-corrected chi connectivity index (χ4v) is 1.80. The molecule has 0 aliphatic heterocycles. The second-order valence-corrected chi connectivity index (χ2v) is 4.31. The Kier molecular flexibility index (Phi) is 6.06. The van der Waals surface area contributed by atoms with Crippen LogP contribution in [0.25, 0.3) is 12.2 Å². The molecule has 0 saturated carbocycles. The number of nitrogens with zero attached hydrogens (tertiary/aromatic N) is 1. The van der Waals surface area contributed by atoms with E-state index in [1.54, 1.807) is 6.08 Å². The van der Waals surface area contributed by atoms with Crippen molar-refractivity contribution in [2.75, 3.05) is 0 Å². The molecule has 0 amide bonds. The number of unbranched alkanes of at least 4 members (excludes halogenated alkanes) is 1. The lowest BCUT2D eigenvalue weighted by atomic mass is 10.1. The van der Waals surface area contributed by atoms with Gasteiger partial charge in [0.1, 0.15) is 5.78 Å². The summed E-state index contributed by atoms with van der Waals surface area (Å²) in [6, 6.07) is 1.97. The molecule has 0 aromatic carbocycles. The van der Waals surface area contributed by atoms with Crippen LogP contribution in [0.2, 0.25) is 0 Å². The fourth-order valence-electron chi connectivity index (χ4n) is 1.80. The molecule has 0 radical (unpaired) electrons. The van der Waals surface area contributed by atoms with E-state index >= 15 is 0 Å². The van der Waals surface area contributed by atoms with E-state index in [0.717, 1.165) is 29.0 Å². The molecule has 0 saturated heterocycles. The van der Waals surface area contributed by atoms with Gasteiger partial charge in [0.25, 0.3) is 0 Å². The maximum Gasteiger partial charge on any atom is 0.138 e. The summed E-state index contributed by atoms with van der Waals surface area (Å²) in [5.74, 6) is 0.266. The number of carbonyl (C=O) groups is 1. The van der Waals surface area contributed by atoms with Gasteiger partial charge in [0.2, 0.25) is 0 Å². The van der Waals surface area contributed by atoms with Crippen LogP contribution in [0.5, 0.6) is 0 Å². The summed E-state index contributed by atoms with van der Waals surface area (Å²) in [6.07, 6.45) is 10.6. The van der Waals surface area contributed by atoms with E-state index in [1.807, 2.05) is 31.3 Å². The fraction of sp³-hybridized carbons (Fsp3) is 0.375. The third-order valence-electron chi connectivity index (χ3n) is 2.82. The quantitative estimate of drug-likeness (QED) is 0.766. The second kappa shape index (κ2) is 7.59. The van der Waals surface area contributed by atoms with Gasteiger partial charge in [0, 0.05) is 24.7 Å². The van der Waals surface area contributed by atoms with Crippen molar-refractivity contribution in [3.63, 3.8) is 0 Å². The Labute approximate surface area is 109 Å². The molecule has 1 aromatic heterocycles. The Morgan fingerprint density at radius 2 is 2.22 bits per heavy atom. The highest BCUT2D eigenvalue weighted by molar-refractivity contribution is 5.80. The van der Waals surface area contributed by atoms with Gasteiger partial charge in [0.05, 0.1) is 0 Å². The predicted molar refractivity (Wildman–Crippen MR) is 76.5 cm³/mol. The van der Waals surface area contributed by atoms with E-state index in [-0.39, 0.29) is 5.78 Å². The molecule has 0 atom stereocenters. The second-order valence-electron chi connectivity index (χ2n) is 4.31. The van der Waals surface area contributed by atoms with E-state index in [1.165, 1.54) is 0 Å². The Morgan fingerprint density at radius 1 is 1.44 bits per heavy atom. The maximum absolute atomic E-state index is 11.7. The molecule has 2 nitrogen and oxygen atoms in total. The van der Waals surface area contributed by atoms with E-state index in [2.05, 4.69) is 18.5 Å². The summed E-state index contributed by atoms with van der Waals surface area (Å²) in [6.45, 7) is 7.77. The molecule has 0 aliphatic carbocycles. The van der Waals surface area contributed by atoms with Gasteiger partial charge < -0.3 is 0 Å². The Balaban J connectivity index is 2.93. The van der Waals surface area contributed by atoms with Crippen molar-refractivity contribution in [1.29, 1.82) is 0 Å². The first-order chi connectivity index (χ1) is 8.71. The van der Waals surface area contributed by atoms with Crippen LogP contribution in [0, 0.1) is 0 Å². The average molecular weight is 243 g/mol. The van der Waals surface area contributed by atoms with E-state index in [9.17, 15) is 4.79 Å². The third kappa shape index (κ3) is 4.28. The van der Waals surface area contributed by atoms with Crippen molar-refractivity contribution in [3.8, 4) is 0 Å². The van der Waals surface area contributed by atoms with E-state index in [0.29, 0.717) is 12.8 Å². The average Bonchev–Trinajstić information content (AvgIpc) is 2.37. The number of Topliss-reactive ketones (excluding diaryl/α,β-unsaturated/α-hetero) is 1. The van der Waals surface area contributed by atoms with Gasteiger partial charge in [-0.3, -0.25) is 9.78 Å². The van der Waals surface area contributed by atoms with Gasteiger partial charge in [-0.15, -0.1) is 0 Å². The van der Waals surface area contributed by atoms with Crippen molar-refractivity contribution >= 4 is 17.9 Å². The molecule has 1 aromatic rings. The van der Waals surface area contributed by atoms with Crippen LogP contribution < -0.4 is 10.4 Å². The molecule has 0 unspecified atom stereocenters. The highest BCUT2D eigenvalue weighted by Crippen LogP contribution is 2.00. The van der Waals surface area contributed by atoms with Gasteiger partial charge in [-0.1, -0.05) is 38.2 Å². The summed E-state index contributed by atoms with van der Waals surface area (Å²) in [5.41, 5.74) is 0.842. The number of hydrogen-bond donors (Lipinski definition) is 0. The highest BCUT2D eigenvalue weighted by Gasteiger charge is 2.04. The largest absolute Gasteiger partial charge is 0.299 e. The first-order valence-electron chi connectivity index (χ1n) is 6.47. The first-order valence-corrected chi connectivity index (χ1v) is 6.47. The molecule has 2 heteroatoms. The topological polar surface area (TPSA) is 30.0 Å². The summed E-state index contributed by atoms with van der Waals surface area (Å²) in [7, 11) is 0. The van der Waals surface area contributed by atoms with Crippen molar-refractivity contribution in [2.24, 2.45) is 0 Å². The standard InChI is InChI=1S/C16H21NO/c1-4-7-9-16(18)11-15-10-14(8-5-2)13(6-3)12-17-15/h5-6,8,10,12H,2,4,7,9,11H2,1,3H3/b13-6-,14-8-. The van der Waals surface area contributed by atoms with Crippen LogP contribution in [-0.2, 0) is 11.2 Å². The molecule has 1 heterocycles. The smallest absolute Gasteiger partial charge is 0.138 e. The van der Waals surface area contributed by atoms with Crippen LogP contribution in [0.15, 0.2) is 24.9 Å². The minimum atomic E-state index is 0.266. The van der Waals surface area contributed by atoms with Gasteiger partial charge in [-0.2, -0.15) is 0 Å². The molecular weight excluding hydrogens is 222 g/mol. The van der Waals surface area contributed by atoms with Crippen molar-refractivity contribution < 1.29 is 4.79 Å². The number of hydrogen-bond acceptors (Lipinski definition) is 2. The van der Waals surface area contributed by atoms with E-state index in [4.69, 9.17) is 0 Å². The normalized spacial score (nSPS) is 12.8. The Morgan fingerprint density at radius 3 is 2.83 bits per heavy atom. The molecule has 96 valence electrons. The molecule has 18 heavy (non-hydrogen) atoms. The van der Waals surface area contributed by atoms with Crippen LogP contribution in [0.4, 0.5) is 0 Å². The van der Waals surface area contributed by atoms with Crippen molar-refractivity contribution in [3.05, 3.63) is 41.0 Å². The zero-order chi connectivity index (χ0) is 13.4. The van der Waals surface area contributed by atoms with Gasteiger partial charge in [-0.05, 0) is 29.8 Å². The molecule has 0 fully saturated rings. The molecule has 0 N–H and O–H groups in total. The maximum atomic E-state index is 11.7. The Bertz CT molecular complexity index is 529. The molecule has 0 spiro atoms. The number of carbonyl (C=O) groups excluding carboxylic acids is 1. The Hall–Kier alpha value is -1.70. The zero-order valence-electron chi connectivity index (χ0n) is 11.3. The van der Waals surface area contributed by atoms with E-state index < -0.39 is 0 Å². The number of aromatic nitrogens is 1. The van der Waals surface area contributed by atoms with Gasteiger partial charge in [-0.25, -0.2) is 0 Å². The lowest BCUT2D eigenvalue weighted by Crippen LogP contribution is -2.26. The monoisotopic (exact) mass is 243 g/mol. The molecule has 0 bridgehead atoms. The zero-order valence-corrected chi connectivity index (χ0v) is 11.3. The minimum absolute atomic E-state index is 0.266. The van der Waals surface area contributed by atoms with Gasteiger partial charge >= 0.3 is 0 Å². The molecule has 0 aliphatic rings. The van der Waals surface area contributed by atoms with Crippen LogP contribution in [0.3, 0.4) is 0 Å². The summed E-state index contributed by atoms with van der Waals surface area (Å²) >= 11 is 0. The third-order valence-corrected chi connectivity index (χ3v) is 2.82. The lowest BCUT2D eigenvalue weighted by Gasteiger charge is -2.00. The van der Waals surface area contributed by atoms with Crippen LogP contribution >= 0.6 is 0 Å². The number of rotatable bonds is 6. The molecular formula is C16H21NO. The summed E-state index contributed by atoms with van der Waals surface area (Å²) in [5, 5.41) is 2.14. The molecule has 1 rings (SSSR count). The first kappa shape index (κ1) is 14.4. The van der Waals surface area contributed by atoms with Crippen molar-refractivity contribution in [1.82, 2.24) is 4.98 Å². The van der Waals surface area contributed by atoms with Crippen molar-refractivity contribution in [2.45, 2.75) is 39.5 Å². The lowest BCUT2D eigenvalue weighted by molar-refractivity contribution is -0.118. The highest BCUT2D eigenvalue weighted by atomic mass is 16.1. The van der Waals surface area contributed by atoms with Crippen LogP contribution in [0.1, 0.15) is 38.8 Å². The number of allylic oxidation sites excluding steroid dienone is 1. The SMILES string of the molecule is C=C/C=c1/cc(CC(=O)CCCC)nc/c1=C/C. The number of pyridine rings is 1. The number of ketones is 1. The minimum Gasteiger partial charge on any atom is -0.299 e. The van der Waals surface area contributed by atoms with Gasteiger partial charge in [0.15, 0.2) is 0 Å². The van der Waals surface area contributed by atoms with Crippen LogP contribution in [-0.4, -0.2) is 10.8 Å². The summed E-state index contributed by atoms with van der Waals surface area (Å²) < 4.78 is 0. The predicted octanol–water partition coefficient (Wildman–Crippen LogP) is 2.15.